The Labute approximate surface area is 132 Å². The van der Waals surface area contributed by atoms with E-state index in [0.29, 0.717) is 31.1 Å². The van der Waals surface area contributed by atoms with Crippen LogP contribution in [-0.2, 0) is 6.18 Å². The Morgan fingerprint density at radius 3 is 2.52 bits per heavy atom. The Bertz CT molecular complexity index is 552. The second kappa shape index (κ2) is 7.29. The molecule has 0 unspecified atom stereocenters. The largest absolute Gasteiger partial charge is 0.419 e. The van der Waals surface area contributed by atoms with Crippen molar-refractivity contribution in [1.82, 2.24) is 10.2 Å². The molecule has 1 aromatic rings. The third kappa shape index (κ3) is 4.43. The van der Waals surface area contributed by atoms with Crippen molar-refractivity contribution < 1.29 is 22.4 Å². The third-order valence-corrected chi connectivity index (χ3v) is 4.10. The molecule has 2 rings (SSSR count). The molecule has 1 amide bonds. The minimum Gasteiger partial charge on any atom is -0.339 e. The van der Waals surface area contributed by atoms with E-state index in [1.165, 1.54) is 4.90 Å². The van der Waals surface area contributed by atoms with E-state index in [-0.39, 0.29) is 5.56 Å². The van der Waals surface area contributed by atoms with Crippen molar-refractivity contribution in [2.45, 2.75) is 25.9 Å². The molecule has 1 aromatic carbocycles. The predicted octanol–water partition coefficient (Wildman–Crippen LogP) is 3.31. The van der Waals surface area contributed by atoms with Gasteiger partial charge in [0.2, 0.25) is 0 Å². The molecule has 0 saturated carbocycles. The molecule has 0 radical (unpaired) electrons. The number of hydrogen-bond donors (Lipinski definition) is 1. The molecular formula is C16H20F4N2O. The lowest BCUT2D eigenvalue weighted by Gasteiger charge is -2.32. The van der Waals surface area contributed by atoms with Gasteiger partial charge in [-0.3, -0.25) is 4.79 Å². The minimum atomic E-state index is -4.81. The van der Waals surface area contributed by atoms with Crippen molar-refractivity contribution >= 4 is 5.91 Å². The van der Waals surface area contributed by atoms with Gasteiger partial charge in [-0.05, 0) is 50.0 Å². The standard InChI is InChI=1S/C16H20F4N2O/c1-2-21-10-11-5-7-22(8-6-11)15(23)12-3-4-14(17)13(9-12)16(18,19)20/h3-4,9,11,21H,2,5-8,10H2,1H3. The summed E-state index contributed by atoms with van der Waals surface area (Å²) in [5, 5.41) is 3.25. The van der Waals surface area contributed by atoms with Gasteiger partial charge in [-0.25, -0.2) is 4.39 Å². The zero-order valence-electron chi connectivity index (χ0n) is 12.9. The molecule has 1 saturated heterocycles. The summed E-state index contributed by atoms with van der Waals surface area (Å²) in [6, 6.07) is 2.41. The summed E-state index contributed by atoms with van der Waals surface area (Å²) in [4.78, 5) is 13.9. The van der Waals surface area contributed by atoms with Crippen LogP contribution in [0, 0.1) is 11.7 Å². The second-order valence-corrected chi connectivity index (χ2v) is 5.74. The van der Waals surface area contributed by atoms with Crippen LogP contribution >= 0.6 is 0 Å². The third-order valence-electron chi connectivity index (χ3n) is 4.10. The van der Waals surface area contributed by atoms with Crippen molar-refractivity contribution in [1.29, 1.82) is 0 Å². The van der Waals surface area contributed by atoms with Crippen molar-refractivity contribution in [3.05, 3.63) is 35.1 Å². The van der Waals surface area contributed by atoms with E-state index in [9.17, 15) is 22.4 Å². The van der Waals surface area contributed by atoms with Crippen LogP contribution in [0.3, 0.4) is 0 Å². The number of nitrogens with zero attached hydrogens (tertiary/aromatic N) is 1. The van der Waals surface area contributed by atoms with Crippen molar-refractivity contribution in [2.75, 3.05) is 26.2 Å². The summed E-state index contributed by atoms with van der Waals surface area (Å²) in [6.45, 7) is 4.80. The Kier molecular flexibility index (Phi) is 5.62. The minimum absolute atomic E-state index is 0.121. The summed E-state index contributed by atoms with van der Waals surface area (Å²) < 4.78 is 51.5. The topological polar surface area (TPSA) is 32.3 Å². The number of carbonyl (C=O) groups excluding carboxylic acids is 1. The van der Waals surface area contributed by atoms with Gasteiger partial charge in [-0.2, -0.15) is 13.2 Å². The Balaban J connectivity index is 2.04. The number of likely N-dealkylation sites (tertiary alicyclic amines) is 1. The molecule has 1 heterocycles. The number of rotatable bonds is 4. The van der Waals surface area contributed by atoms with Crippen LogP contribution in [0.2, 0.25) is 0 Å². The van der Waals surface area contributed by atoms with E-state index >= 15 is 0 Å². The van der Waals surface area contributed by atoms with Gasteiger partial charge in [-0.1, -0.05) is 6.92 Å². The number of piperidine rings is 1. The predicted molar refractivity (Wildman–Crippen MR) is 78.6 cm³/mol. The molecule has 1 aliphatic heterocycles. The number of carbonyl (C=O) groups is 1. The number of nitrogens with one attached hydrogen (secondary N) is 1. The highest BCUT2D eigenvalue weighted by atomic mass is 19.4. The fraction of sp³-hybridized carbons (Fsp3) is 0.562. The molecule has 0 aliphatic carbocycles. The van der Waals surface area contributed by atoms with Crippen LogP contribution in [0.5, 0.6) is 0 Å². The maximum absolute atomic E-state index is 13.3. The van der Waals surface area contributed by atoms with Crippen LogP contribution in [0.4, 0.5) is 17.6 Å². The molecule has 7 heteroatoms. The van der Waals surface area contributed by atoms with Crippen molar-refractivity contribution in [3.8, 4) is 0 Å². The Hall–Kier alpha value is -1.63. The van der Waals surface area contributed by atoms with Gasteiger partial charge in [0.1, 0.15) is 5.82 Å². The molecule has 1 N–H and O–H groups in total. The lowest BCUT2D eigenvalue weighted by molar-refractivity contribution is -0.140. The quantitative estimate of drug-likeness (QED) is 0.858. The number of halogens is 4. The molecule has 0 bridgehead atoms. The highest BCUT2D eigenvalue weighted by Gasteiger charge is 2.35. The second-order valence-electron chi connectivity index (χ2n) is 5.74. The first kappa shape index (κ1) is 17.7. The lowest BCUT2D eigenvalue weighted by atomic mass is 9.96. The van der Waals surface area contributed by atoms with E-state index in [1.807, 2.05) is 6.92 Å². The average Bonchev–Trinajstić information content (AvgIpc) is 2.52. The number of benzene rings is 1. The summed E-state index contributed by atoms with van der Waals surface area (Å²) in [5.74, 6) is -1.37. The van der Waals surface area contributed by atoms with Crippen molar-refractivity contribution in [3.63, 3.8) is 0 Å². The molecular weight excluding hydrogens is 312 g/mol. The number of alkyl halides is 3. The van der Waals surface area contributed by atoms with Gasteiger partial charge in [0.25, 0.3) is 5.91 Å². The Morgan fingerprint density at radius 2 is 1.96 bits per heavy atom. The summed E-state index contributed by atoms with van der Waals surface area (Å²) >= 11 is 0. The molecule has 1 fully saturated rings. The van der Waals surface area contributed by atoms with E-state index in [4.69, 9.17) is 0 Å². The van der Waals surface area contributed by atoms with Gasteiger partial charge >= 0.3 is 6.18 Å². The normalized spacial score (nSPS) is 16.7. The zero-order valence-corrected chi connectivity index (χ0v) is 12.9. The van der Waals surface area contributed by atoms with Crippen LogP contribution in [0.15, 0.2) is 18.2 Å². The maximum atomic E-state index is 13.3. The van der Waals surface area contributed by atoms with Crippen molar-refractivity contribution in [2.24, 2.45) is 5.92 Å². The molecule has 3 nitrogen and oxygen atoms in total. The highest BCUT2D eigenvalue weighted by Crippen LogP contribution is 2.32. The van der Waals surface area contributed by atoms with Gasteiger partial charge in [0.15, 0.2) is 0 Å². The smallest absolute Gasteiger partial charge is 0.339 e. The van der Waals surface area contributed by atoms with Crippen LogP contribution in [0.1, 0.15) is 35.7 Å². The first-order chi connectivity index (χ1) is 10.8. The lowest BCUT2D eigenvalue weighted by Crippen LogP contribution is -2.40. The fourth-order valence-corrected chi connectivity index (χ4v) is 2.75. The average molecular weight is 332 g/mol. The maximum Gasteiger partial charge on any atom is 0.419 e. The fourth-order valence-electron chi connectivity index (χ4n) is 2.75. The van der Waals surface area contributed by atoms with Gasteiger partial charge in [0, 0.05) is 18.7 Å². The molecule has 0 atom stereocenters. The van der Waals surface area contributed by atoms with E-state index in [2.05, 4.69) is 5.32 Å². The van der Waals surface area contributed by atoms with Gasteiger partial charge in [-0.15, -0.1) is 0 Å². The number of hydrogen-bond acceptors (Lipinski definition) is 2. The molecule has 0 aromatic heterocycles. The molecule has 0 spiro atoms. The summed E-state index contributed by atoms with van der Waals surface area (Å²) in [6.07, 6.45) is -3.18. The van der Waals surface area contributed by atoms with E-state index < -0.39 is 23.5 Å². The monoisotopic (exact) mass is 332 g/mol. The first-order valence-corrected chi connectivity index (χ1v) is 7.69. The van der Waals surface area contributed by atoms with Gasteiger partial charge < -0.3 is 10.2 Å². The highest BCUT2D eigenvalue weighted by molar-refractivity contribution is 5.94. The summed E-state index contributed by atoms with van der Waals surface area (Å²) in [7, 11) is 0. The van der Waals surface area contributed by atoms with Crippen LogP contribution in [0.25, 0.3) is 0 Å². The summed E-state index contributed by atoms with van der Waals surface area (Å²) in [5.41, 5.74) is -1.52. The Morgan fingerprint density at radius 1 is 1.30 bits per heavy atom. The van der Waals surface area contributed by atoms with Gasteiger partial charge in [0.05, 0.1) is 5.56 Å². The first-order valence-electron chi connectivity index (χ1n) is 7.69. The molecule has 128 valence electrons. The van der Waals surface area contributed by atoms with Crippen LogP contribution < -0.4 is 5.32 Å². The zero-order chi connectivity index (χ0) is 17.0. The molecule has 23 heavy (non-hydrogen) atoms. The van der Waals surface area contributed by atoms with Crippen LogP contribution in [-0.4, -0.2) is 37.0 Å². The number of amides is 1. The van der Waals surface area contributed by atoms with E-state index in [1.54, 1.807) is 0 Å². The SMILES string of the molecule is CCNCC1CCN(C(=O)c2ccc(F)c(C(F)(F)F)c2)CC1. The van der Waals surface area contributed by atoms with E-state index in [0.717, 1.165) is 32.0 Å². The molecule has 1 aliphatic rings.